The number of carbonyl (C=O) groups is 2. The van der Waals surface area contributed by atoms with E-state index in [1.54, 1.807) is 0 Å². The number of hydrogen-bond acceptors (Lipinski definition) is 5. The Morgan fingerprint density at radius 2 is 2.17 bits per heavy atom. The highest BCUT2D eigenvalue weighted by molar-refractivity contribution is 7.90. The van der Waals surface area contributed by atoms with Crippen molar-refractivity contribution in [3.63, 3.8) is 0 Å². The fourth-order valence-electron chi connectivity index (χ4n) is 1.50. The first-order chi connectivity index (χ1) is 8.35. The Kier molecular flexibility index (Phi) is 2.66. The van der Waals surface area contributed by atoms with Crippen LogP contribution < -0.4 is 0 Å². The molecule has 1 N–H and O–H groups in total. The van der Waals surface area contributed by atoms with Crippen LogP contribution >= 0.6 is 0 Å². The SMILES string of the molecule is C=C(CN1C(=O)c2cccnc2S1(=O)=O)C(=O)O. The predicted octanol–water partition coefficient (Wildman–Crippen LogP) is -0.133. The zero-order chi connectivity index (χ0) is 13.5. The van der Waals surface area contributed by atoms with Crippen LogP contribution in [0.2, 0.25) is 0 Å². The van der Waals surface area contributed by atoms with E-state index in [0.29, 0.717) is 4.31 Å². The summed E-state index contributed by atoms with van der Waals surface area (Å²) in [7, 11) is -4.08. The highest BCUT2D eigenvalue weighted by atomic mass is 32.2. The van der Waals surface area contributed by atoms with Crippen molar-refractivity contribution < 1.29 is 23.1 Å². The lowest BCUT2D eigenvalue weighted by Crippen LogP contribution is -2.33. The second kappa shape index (κ2) is 3.91. The number of carbonyl (C=O) groups excluding carboxylic acids is 1. The number of pyridine rings is 1. The number of aromatic nitrogens is 1. The molecule has 0 atom stereocenters. The van der Waals surface area contributed by atoms with E-state index in [2.05, 4.69) is 11.6 Å². The van der Waals surface area contributed by atoms with Crippen molar-refractivity contribution in [1.29, 1.82) is 0 Å². The van der Waals surface area contributed by atoms with Crippen LogP contribution in [0.1, 0.15) is 10.4 Å². The van der Waals surface area contributed by atoms with E-state index in [1.807, 2.05) is 0 Å². The highest BCUT2D eigenvalue weighted by Gasteiger charge is 2.42. The highest BCUT2D eigenvalue weighted by Crippen LogP contribution is 2.28. The Bertz CT molecular complexity index is 665. The average Bonchev–Trinajstić information content (AvgIpc) is 2.51. The second-order valence-electron chi connectivity index (χ2n) is 3.58. The largest absolute Gasteiger partial charge is 0.478 e. The van der Waals surface area contributed by atoms with Crippen LogP contribution in [0, 0.1) is 0 Å². The molecule has 0 spiro atoms. The number of carboxylic acid groups (broad SMARTS) is 1. The number of hydrogen-bond donors (Lipinski definition) is 1. The third-order valence-corrected chi connectivity index (χ3v) is 4.09. The third kappa shape index (κ3) is 1.66. The molecule has 0 aliphatic carbocycles. The molecule has 7 nitrogen and oxygen atoms in total. The normalized spacial score (nSPS) is 16.4. The molecule has 1 aliphatic heterocycles. The second-order valence-corrected chi connectivity index (χ2v) is 5.36. The maximum Gasteiger partial charge on any atom is 0.332 e. The first-order valence-corrected chi connectivity index (χ1v) is 6.23. The molecule has 0 fully saturated rings. The monoisotopic (exact) mass is 268 g/mol. The number of fused-ring (bicyclic) bond motifs is 1. The molecule has 0 unspecified atom stereocenters. The van der Waals surface area contributed by atoms with Gasteiger partial charge < -0.3 is 5.11 Å². The van der Waals surface area contributed by atoms with Crippen LogP contribution in [-0.4, -0.2) is 41.2 Å². The number of amides is 1. The zero-order valence-corrected chi connectivity index (χ0v) is 9.85. The molecule has 18 heavy (non-hydrogen) atoms. The maximum absolute atomic E-state index is 12.0. The van der Waals surface area contributed by atoms with E-state index >= 15 is 0 Å². The number of nitrogens with zero attached hydrogens (tertiary/aromatic N) is 2. The van der Waals surface area contributed by atoms with Gasteiger partial charge in [-0.05, 0) is 12.1 Å². The number of sulfonamides is 1. The number of rotatable bonds is 3. The summed E-state index contributed by atoms with van der Waals surface area (Å²) in [4.78, 5) is 26.1. The summed E-state index contributed by atoms with van der Waals surface area (Å²) in [5, 5.41) is 8.31. The minimum atomic E-state index is -4.08. The van der Waals surface area contributed by atoms with Crippen molar-refractivity contribution in [2.75, 3.05) is 6.54 Å². The minimum Gasteiger partial charge on any atom is -0.478 e. The molecule has 0 saturated carbocycles. The van der Waals surface area contributed by atoms with Crippen LogP contribution in [-0.2, 0) is 14.8 Å². The van der Waals surface area contributed by atoms with Gasteiger partial charge in [0.2, 0.25) is 0 Å². The van der Waals surface area contributed by atoms with Gasteiger partial charge in [-0.2, -0.15) is 8.42 Å². The molecule has 1 aromatic heterocycles. The van der Waals surface area contributed by atoms with Crippen LogP contribution in [0.4, 0.5) is 0 Å². The molecule has 2 rings (SSSR count). The van der Waals surface area contributed by atoms with Gasteiger partial charge in [0.05, 0.1) is 17.7 Å². The molecule has 8 heteroatoms. The van der Waals surface area contributed by atoms with Crippen molar-refractivity contribution in [2.45, 2.75) is 5.03 Å². The summed E-state index contributed by atoms with van der Waals surface area (Å²) in [6, 6.07) is 2.76. The van der Waals surface area contributed by atoms with E-state index < -0.39 is 28.4 Å². The lowest BCUT2D eigenvalue weighted by atomic mass is 10.2. The third-order valence-electron chi connectivity index (χ3n) is 2.40. The standard InChI is InChI=1S/C10H8N2O5S/c1-6(10(14)15)5-12-9(13)7-3-2-4-11-8(7)18(12,16)17/h2-4H,1,5H2,(H,14,15). The Balaban J connectivity index is 2.46. The molecule has 0 aromatic carbocycles. The van der Waals surface area contributed by atoms with Gasteiger partial charge in [0.25, 0.3) is 15.9 Å². The lowest BCUT2D eigenvalue weighted by molar-refractivity contribution is -0.132. The quantitative estimate of drug-likeness (QED) is 0.765. The van der Waals surface area contributed by atoms with E-state index in [-0.39, 0.29) is 16.2 Å². The first-order valence-electron chi connectivity index (χ1n) is 4.79. The van der Waals surface area contributed by atoms with E-state index in [4.69, 9.17) is 5.11 Å². The van der Waals surface area contributed by atoms with Crippen LogP contribution in [0.3, 0.4) is 0 Å². The number of aliphatic carboxylic acids is 1. The molecule has 1 amide bonds. The van der Waals surface area contributed by atoms with Crippen molar-refractivity contribution in [1.82, 2.24) is 9.29 Å². The number of carboxylic acids is 1. The maximum atomic E-state index is 12.0. The molecule has 0 saturated heterocycles. The Labute approximate surface area is 102 Å². The van der Waals surface area contributed by atoms with E-state index in [1.165, 1.54) is 18.3 Å². The van der Waals surface area contributed by atoms with Gasteiger partial charge in [-0.15, -0.1) is 0 Å². The molecule has 1 aromatic rings. The summed E-state index contributed by atoms with van der Waals surface area (Å²) in [6.45, 7) is 2.61. The van der Waals surface area contributed by atoms with Gasteiger partial charge in [-0.3, -0.25) is 4.79 Å². The van der Waals surface area contributed by atoms with Crippen molar-refractivity contribution in [3.05, 3.63) is 36.0 Å². The lowest BCUT2D eigenvalue weighted by Gasteiger charge is -2.13. The summed E-state index contributed by atoms with van der Waals surface area (Å²) in [5.41, 5.74) is -0.449. The van der Waals surface area contributed by atoms with Crippen molar-refractivity contribution in [2.24, 2.45) is 0 Å². The van der Waals surface area contributed by atoms with Gasteiger partial charge in [-0.25, -0.2) is 14.1 Å². The fourth-order valence-corrected chi connectivity index (χ4v) is 2.98. The van der Waals surface area contributed by atoms with Crippen molar-refractivity contribution >= 4 is 21.9 Å². The average molecular weight is 268 g/mol. The Hall–Kier alpha value is -2.22. The van der Waals surface area contributed by atoms with E-state index in [9.17, 15) is 18.0 Å². The van der Waals surface area contributed by atoms with Gasteiger partial charge >= 0.3 is 5.97 Å². The summed E-state index contributed by atoms with van der Waals surface area (Å²) < 4.78 is 24.4. The Morgan fingerprint density at radius 1 is 1.50 bits per heavy atom. The molecular weight excluding hydrogens is 260 g/mol. The van der Waals surface area contributed by atoms with Gasteiger partial charge in [0.15, 0.2) is 5.03 Å². The molecule has 94 valence electrons. The summed E-state index contributed by atoms with van der Waals surface area (Å²) in [6.07, 6.45) is 1.25. The van der Waals surface area contributed by atoms with Crippen LogP contribution in [0.5, 0.6) is 0 Å². The first kappa shape index (κ1) is 12.2. The topological polar surface area (TPSA) is 105 Å². The zero-order valence-electron chi connectivity index (χ0n) is 9.03. The fraction of sp³-hybridized carbons (Fsp3) is 0.100. The van der Waals surface area contributed by atoms with E-state index in [0.717, 1.165) is 0 Å². The van der Waals surface area contributed by atoms with Crippen LogP contribution in [0.25, 0.3) is 0 Å². The molecular formula is C10H8N2O5S. The molecule has 0 bridgehead atoms. The summed E-state index contributed by atoms with van der Waals surface area (Å²) in [5.74, 6) is -2.15. The van der Waals surface area contributed by atoms with Gasteiger partial charge in [0, 0.05) is 6.20 Å². The molecule has 1 aliphatic rings. The summed E-state index contributed by atoms with van der Waals surface area (Å²) >= 11 is 0. The predicted molar refractivity (Wildman–Crippen MR) is 59.2 cm³/mol. The van der Waals surface area contributed by atoms with Gasteiger partial charge in [0.1, 0.15) is 0 Å². The van der Waals surface area contributed by atoms with Crippen LogP contribution in [0.15, 0.2) is 35.5 Å². The minimum absolute atomic E-state index is 0.0595. The smallest absolute Gasteiger partial charge is 0.332 e. The molecule has 0 radical (unpaired) electrons. The van der Waals surface area contributed by atoms with Crippen molar-refractivity contribution in [3.8, 4) is 0 Å². The van der Waals surface area contributed by atoms with Gasteiger partial charge in [-0.1, -0.05) is 6.58 Å². The Morgan fingerprint density at radius 3 is 2.72 bits per heavy atom. The molecule has 2 heterocycles.